The molecule has 6 aromatic rings. The number of nitrogens with zero attached hydrogens (tertiary/aromatic N) is 2. The van der Waals surface area contributed by atoms with E-state index in [4.69, 9.17) is 17.3 Å². The summed E-state index contributed by atoms with van der Waals surface area (Å²) >= 11 is 0. The van der Waals surface area contributed by atoms with Gasteiger partial charge in [0.2, 0.25) is 0 Å². The Morgan fingerprint density at radius 1 is 0.660 bits per heavy atom. The minimum absolute atomic E-state index is 0.0163. The first-order valence-corrected chi connectivity index (χ1v) is 17.9. The molecule has 0 aliphatic carbocycles. The number of benzene rings is 5. The van der Waals surface area contributed by atoms with E-state index in [-0.39, 0.29) is 11.0 Å². The highest BCUT2D eigenvalue weighted by Gasteiger charge is 2.37. The van der Waals surface area contributed by atoms with Crippen LogP contribution in [-0.2, 0) is 5.16 Å². The summed E-state index contributed by atoms with van der Waals surface area (Å²) in [6.07, 6.45) is 7.84. The predicted molar refractivity (Wildman–Crippen MR) is 198 cm³/mol. The molecule has 0 amide bonds. The Labute approximate surface area is 283 Å². The standard InChI is InChI=1S/C28H32N2O2Si.C13H11B/c1-3-18-31-25-12-8-10-23(20-25)28(30-17-16-29-22-30,33-27-14-6-5-7-15-27)24-11-9-13-26(21-24)32-19-4-2;14-13(11-7-3-1-4-8-11)12-9-5-2-6-10-12/h5-17,20-22H,3-4,18-19,33H2,1-2H3;1-10,13H. The maximum Gasteiger partial charge on any atom is 0.119 e. The van der Waals surface area contributed by atoms with Crippen LogP contribution in [0.4, 0.5) is 0 Å². The Morgan fingerprint density at radius 2 is 1.15 bits per heavy atom. The van der Waals surface area contributed by atoms with Gasteiger partial charge in [-0.1, -0.05) is 134 Å². The maximum atomic E-state index is 6.12. The summed E-state index contributed by atoms with van der Waals surface area (Å²) < 4.78 is 14.3. The normalized spacial score (nSPS) is 11.3. The van der Waals surface area contributed by atoms with E-state index in [0.29, 0.717) is 13.2 Å². The lowest BCUT2D eigenvalue weighted by Gasteiger charge is -2.37. The highest BCUT2D eigenvalue weighted by Crippen LogP contribution is 2.36. The molecule has 1 heterocycles. The van der Waals surface area contributed by atoms with Gasteiger partial charge in [0.25, 0.3) is 0 Å². The highest BCUT2D eigenvalue weighted by molar-refractivity contribution is 6.57. The smallest absolute Gasteiger partial charge is 0.119 e. The van der Waals surface area contributed by atoms with Gasteiger partial charge in [-0.05, 0) is 65.2 Å². The van der Waals surface area contributed by atoms with E-state index >= 15 is 0 Å². The molecular weight excluding hydrogens is 591 g/mol. The van der Waals surface area contributed by atoms with Crippen LogP contribution in [0.25, 0.3) is 0 Å². The zero-order valence-electron chi connectivity index (χ0n) is 27.4. The van der Waals surface area contributed by atoms with Gasteiger partial charge < -0.3 is 14.0 Å². The average Bonchev–Trinajstić information content (AvgIpc) is 3.69. The topological polar surface area (TPSA) is 36.3 Å². The molecule has 6 rings (SSSR count). The van der Waals surface area contributed by atoms with Crippen LogP contribution in [0.15, 0.2) is 158 Å². The van der Waals surface area contributed by atoms with Crippen LogP contribution < -0.4 is 14.7 Å². The van der Waals surface area contributed by atoms with E-state index in [9.17, 15) is 0 Å². The lowest BCUT2D eigenvalue weighted by Crippen LogP contribution is -2.46. The largest absolute Gasteiger partial charge is 0.494 e. The Bertz CT molecular complexity index is 1660. The fourth-order valence-corrected chi connectivity index (χ4v) is 8.09. The van der Waals surface area contributed by atoms with Crippen molar-refractivity contribution in [3.05, 3.63) is 181 Å². The van der Waals surface area contributed by atoms with Crippen LogP contribution in [-0.4, -0.2) is 40.1 Å². The van der Waals surface area contributed by atoms with Crippen LogP contribution in [0.2, 0.25) is 0 Å². The molecule has 0 N–H and O–H groups in total. The maximum absolute atomic E-state index is 6.12. The van der Waals surface area contributed by atoms with Gasteiger partial charge in [-0.15, -0.1) is 0 Å². The first kappa shape index (κ1) is 33.6. The number of aromatic nitrogens is 2. The molecule has 0 saturated heterocycles. The van der Waals surface area contributed by atoms with Crippen molar-refractivity contribution in [1.82, 2.24) is 9.55 Å². The number of hydrogen-bond donors (Lipinski definition) is 0. The number of rotatable bonds is 13. The van der Waals surface area contributed by atoms with E-state index in [0.717, 1.165) is 35.5 Å². The molecule has 0 spiro atoms. The van der Waals surface area contributed by atoms with E-state index in [1.807, 2.05) is 61.1 Å². The molecule has 236 valence electrons. The Balaban J connectivity index is 0.000000257. The minimum Gasteiger partial charge on any atom is -0.494 e. The molecule has 0 aliphatic rings. The van der Waals surface area contributed by atoms with Crippen molar-refractivity contribution in [2.45, 2.75) is 37.7 Å². The SMILES string of the molecule is CCCOc1cccc(C([SiH2]c2ccccc2)(c2cccc(OCCC)c2)n2ccnc2)c1.[B]C(c1ccccc1)c1ccccc1. The number of imidazole rings is 1. The molecule has 0 saturated carbocycles. The van der Waals surface area contributed by atoms with Gasteiger partial charge in [0.1, 0.15) is 11.5 Å². The molecule has 0 aliphatic heterocycles. The lowest BCUT2D eigenvalue weighted by atomic mass is 9.76. The average molecular weight is 635 g/mol. The lowest BCUT2D eigenvalue weighted by molar-refractivity contribution is 0.316. The van der Waals surface area contributed by atoms with Gasteiger partial charge in [0.15, 0.2) is 0 Å². The number of ether oxygens (including phenoxy) is 2. The van der Waals surface area contributed by atoms with Gasteiger partial charge in [0, 0.05) is 12.4 Å². The molecule has 0 unspecified atom stereocenters. The fraction of sp³-hybridized carbons (Fsp3) is 0.195. The summed E-state index contributed by atoms with van der Waals surface area (Å²) in [7, 11) is 5.19. The molecule has 5 aromatic carbocycles. The van der Waals surface area contributed by atoms with E-state index in [2.05, 4.69) is 121 Å². The van der Waals surface area contributed by atoms with Gasteiger partial charge >= 0.3 is 0 Å². The van der Waals surface area contributed by atoms with Crippen LogP contribution >= 0.6 is 0 Å². The Kier molecular flexibility index (Phi) is 12.3. The van der Waals surface area contributed by atoms with Gasteiger partial charge in [-0.3, -0.25) is 0 Å². The van der Waals surface area contributed by atoms with Crippen LogP contribution in [0, 0.1) is 0 Å². The Morgan fingerprint density at radius 3 is 1.60 bits per heavy atom. The second-order valence-corrected chi connectivity index (χ2v) is 13.7. The molecule has 2 radical (unpaired) electrons. The van der Waals surface area contributed by atoms with E-state index < -0.39 is 9.52 Å². The van der Waals surface area contributed by atoms with Gasteiger partial charge in [-0.25, -0.2) is 4.98 Å². The third kappa shape index (κ3) is 8.72. The second-order valence-electron chi connectivity index (χ2n) is 11.5. The molecule has 6 heteroatoms. The highest BCUT2D eigenvalue weighted by atomic mass is 28.2. The van der Waals surface area contributed by atoms with Crippen molar-refractivity contribution in [2.75, 3.05) is 13.2 Å². The molecule has 1 aromatic heterocycles. The summed E-state index contributed by atoms with van der Waals surface area (Å²) in [6.45, 7) is 5.67. The number of hydrogen-bond acceptors (Lipinski definition) is 3. The third-order valence-corrected chi connectivity index (χ3v) is 10.7. The molecule has 0 atom stereocenters. The van der Waals surface area contributed by atoms with E-state index in [1.165, 1.54) is 16.3 Å². The second kappa shape index (κ2) is 17.2. The third-order valence-electron chi connectivity index (χ3n) is 8.13. The quantitative estimate of drug-likeness (QED) is 0.123. The van der Waals surface area contributed by atoms with Gasteiger partial charge in [0.05, 0.1) is 42.1 Å². The Hall–Kier alpha value is -4.81. The molecular formula is C41H43BN2O2Si. The zero-order chi connectivity index (χ0) is 32.7. The fourth-order valence-electron chi connectivity index (χ4n) is 5.78. The van der Waals surface area contributed by atoms with Crippen LogP contribution in [0.3, 0.4) is 0 Å². The summed E-state index contributed by atoms with van der Waals surface area (Å²) in [6, 6.07) is 48.2. The van der Waals surface area contributed by atoms with Crippen LogP contribution in [0.5, 0.6) is 11.5 Å². The molecule has 4 nitrogen and oxygen atoms in total. The van der Waals surface area contributed by atoms with Crippen molar-refractivity contribution in [3.8, 4) is 11.5 Å². The van der Waals surface area contributed by atoms with Crippen molar-refractivity contribution >= 4 is 22.6 Å². The van der Waals surface area contributed by atoms with E-state index in [1.54, 1.807) is 0 Å². The first-order valence-electron chi connectivity index (χ1n) is 16.5. The molecule has 0 bridgehead atoms. The van der Waals surface area contributed by atoms with Crippen molar-refractivity contribution < 1.29 is 9.47 Å². The summed E-state index contributed by atoms with van der Waals surface area (Å²) in [5.41, 5.74) is 4.71. The summed E-state index contributed by atoms with van der Waals surface area (Å²) in [4.78, 5) is 4.45. The monoisotopic (exact) mass is 634 g/mol. The predicted octanol–water partition coefficient (Wildman–Crippen LogP) is 7.65. The van der Waals surface area contributed by atoms with Crippen LogP contribution in [0.1, 0.15) is 54.8 Å². The minimum atomic E-state index is -0.928. The molecule has 47 heavy (non-hydrogen) atoms. The zero-order valence-corrected chi connectivity index (χ0v) is 28.8. The first-order chi connectivity index (χ1) is 23.1. The van der Waals surface area contributed by atoms with Crippen molar-refractivity contribution in [2.24, 2.45) is 0 Å². The summed E-state index contributed by atoms with van der Waals surface area (Å²) in [5, 5.41) is 1.00. The summed E-state index contributed by atoms with van der Waals surface area (Å²) in [5.74, 6) is 1.79. The van der Waals surface area contributed by atoms with Crippen molar-refractivity contribution in [3.63, 3.8) is 0 Å². The van der Waals surface area contributed by atoms with Crippen molar-refractivity contribution in [1.29, 1.82) is 0 Å². The van der Waals surface area contributed by atoms with Gasteiger partial charge in [-0.2, -0.15) is 0 Å². The molecule has 0 fully saturated rings.